The molecule has 0 spiro atoms. The summed E-state index contributed by atoms with van der Waals surface area (Å²) in [5.74, 6) is 1.21. The van der Waals surface area contributed by atoms with Crippen LogP contribution in [-0.2, 0) is 14.9 Å². The van der Waals surface area contributed by atoms with Gasteiger partial charge < -0.3 is 9.64 Å². The van der Waals surface area contributed by atoms with Gasteiger partial charge in [0.1, 0.15) is 0 Å². The highest BCUT2D eigenvalue weighted by atomic mass is 16.5. The summed E-state index contributed by atoms with van der Waals surface area (Å²) in [6.45, 7) is 8.01. The van der Waals surface area contributed by atoms with E-state index in [1.807, 2.05) is 6.07 Å². The molecule has 0 unspecified atom stereocenters. The summed E-state index contributed by atoms with van der Waals surface area (Å²) in [5, 5.41) is 0. The Bertz CT molecular complexity index is 540. The van der Waals surface area contributed by atoms with Crippen molar-refractivity contribution in [3.8, 4) is 0 Å². The molecule has 0 aliphatic heterocycles. The molecule has 0 heterocycles. The van der Waals surface area contributed by atoms with Gasteiger partial charge in [0.2, 0.25) is 0 Å². The molecule has 2 saturated carbocycles. The highest BCUT2D eigenvalue weighted by Gasteiger charge is 2.57. The smallest absolute Gasteiger partial charge is 0.316 e. The Morgan fingerprint density at radius 3 is 2.54 bits per heavy atom. The van der Waals surface area contributed by atoms with E-state index in [1.165, 1.54) is 24.8 Å². The Morgan fingerprint density at radius 2 is 1.96 bits per heavy atom. The molecule has 3 heteroatoms. The summed E-state index contributed by atoms with van der Waals surface area (Å²) >= 11 is 0. The normalized spacial score (nSPS) is 28.5. The van der Waals surface area contributed by atoms with Crippen LogP contribution in [0.25, 0.3) is 0 Å². The third-order valence-electron chi connectivity index (χ3n) is 6.25. The van der Waals surface area contributed by atoms with Crippen LogP contribution in [0.3, 0.4) is 0 Å². The molecule has 0 aromatic heterocycles. The lowest BCUT2D eigenvalue weighted by Crippen LogP contribution is -2.42. The summed E-state index contributed by atoms with van der Waals surface area (Å²) in [6.07, 6.45) is 5.56. The van der Waals surface area contributed by atoms with E-state index >= 15 is 0 Å². The fraction of sp³-hybridized carbons (Fsp3) is 0.667. The molecule has 3 rings (SSSR count). The molecule has 24 heavy (non-hydrogen) atoms. The molecular formula is C21H31NO2. The molecule has 3 atom stereocenters. The molecule has 0 saturated heterocycles. The lowest BCUT2D eigenvalue weighted by atomic mass is 9.68. The third kappa shape index (κ3) is 3.23. The van der Waals surface area contributed by atoms with Crippen molar-refractivity contribution in [1.82, 2.24) is 4.90 Å². The minimum absolute atomic E-state index is 0.0282. The molecule has 2 fully saturated rings. The SMILES string of the molecule is CCN(CC)CCCOC(=O)[C@@]1(c2ccccc2)C[C@@H]2CC[C@H]1C2. The van der Waals surface area contributed by atoms with E-state index in [9.17, 15) is 4.79 Å². The molecule has 2 aliphatic carbocycles. The summed E-state index contributed by atoms with van der Waals surface area (Å²) in [5.41, 5.74) is 0.797. The zero-order valence-electron chi connectivity index (χ0n) is 15.2. The van der Waals surface area contributed by atoms with Crippen molar-refractivity contribution in [2.24, 2.45) is 11.8 Å². The fourth-order valence-corrected chi connectivity index (χ4v) is 4.91. The van der Waals surface area contributed by atoms with Crippen molar-refractivity contribution < 1.29 is 9.53 Å². The predicted octanol–water partition coefficient (Wildman–Crippen LogP) is 4.02. The van der Waals surface area contributed by atoms with E-state index in [0.717, 1.165) is 32.5 Å². The Kier molecular flexibility index (Phi) is 5.60. The van der Waals surface area contributed by atoms with Crippen LogP contribution >= 0.6 is 0 Å². The van der Waals surface area contributed by atoms with E-state index < -0.39 is 0 Å². The van der Waals surface area contributed by atoms with Crippen molar-refractivity contribution in [2.45, 2.75) is 51.4 Å². The fourth-order valence-electron chi connectivity index (χ4n) is 4.91. The van der Waals surface area contributed by atoms with E-state index in [4.69, 9.17) is 4.74 Å². The zero-order valence-corrected chi connectivity index (χ0v) is 15.2. The first kappa shape index (κ1) is 17.5. The van der Waals surface area contributed by atoms with E-state index in [1.54, 1.807) is 0 Å². The van der Waals surface area contributed by atoms with Crippen LogP contribution in [0.4, 0.5) is 0 Å². The lowest BCUT2D eigenvalue weighted by Gasteiger charge is -2.36. The number of benzene rings is 1. The summed E-state index contributed by atoms with van der Waals surface area (Å²) < 4.78 is 5.81. The minimum atomic E-state index is -0.376. The van der Waals surface area contributed by atoms with Crippen LogP contribution in [0.2, 0.25) is 0 Å². The molecule has 132 valence electrons. The number of nitrogens with zero attached hydrogens (tertiary/aromatic N) is 1. The Labute approximate surface area is 146 Å². The quantitative estimate of drug-likeness (QED) is 0.533. The third-order valence-corrected chi connectivity index (χ3v) is 6.25. The van der Waals surface area contributed by atoms with E-state index in [2.05, 4.69) is 43.0 Å². The number of carbonyl (C=O) groups excluding carboxylic acids is 1. The van der Waals surface area contributed by atoms with Crippen LogP contribution in [0.15, 0.2) is 30.3 Å². The number of ether oxygens (including phenoxy) is 1. The van der Waals surface area contributed by atoms with Crippen LogP contribution in [0.1, 0.15) is 51.5 Å². The molecule has 1 aromatic rings. The number of hydrogen-bond donors (Lipinski definition) is 0. The number of rotatable bonds is 8. The monoisotopic (exact) mass is 329 g/mol. The first-order valence-electron chi connectivity index (χ1n) is 9.65. The first-order chi connectivity index (χ1) is 11.7. The molecule has 0 amide bonds. The Hall–Kier alpha value is -1.35. The standard InChI is InChI=1S/C21H31NO2/c1-3-22(4-2)13-8-14-24-20(23)21(18-9-6-5-7-10-18)16-17-11-12-19(21)15-17/h5-7,9-10,17,19H,3-4,8,11-16H2,1-2H3/t17-,19+,21-/m1/s1. The van der Waals surface area contributed by atoms with Crippen molar-refractivity contribution >= 4 is 5.97 Å². The predicted molar refractivity (Wildman–Crippen MR) is 96.9 cm³/mol. The van der Waals surface area contributed by atoms with Gasteiger partial charge in [-0.3, -0.25) is 4.79 Å². The second-order valence-corrected chi connectivity index (χ2v) is 7.43. The summed E-state index contributed by atoms with van der Waals surface area (Å²) in [4.78, 5) is 15.5. The molecule has 0 N–H and O–H groups in total. The highest BCUT2D eigenvalue weighted by Crippen LogP contribution is 2.57. The topological polar surface area (TPSA) is 29.5 Å². The van der Waals surface area contributed by atoms with Gasteiger partial charge in [0.25, 0.3) is 0 Å². The van der Waals surface area contributed by atoms with Gasteiger partial charge in [-0.05, 0) is 56.2 Å². The van der Waals surface area contributed by atoms with Gasteiger partial charge >= 0.3 is 5.97 Å². The van der Waals surface area contributed by atoms with Gasteiger partial charge in [-0.2, -0.15) is 0 Å². The van der Waals surface area contributed by atoms with Crippen LogP contribution < -0.4 is 0 Å². The van der Waals surface area contributed by atoms with Gasteiger partial charge in [-0.25, -0.2) is 0 Å². The molecule has 2 bridgehead atoms. The number of fused-ring (bicyclic) bond motifs is 2. The van der Waals surface area contributed by atoms with Gasteiger partial charge in [0, 0.05) is 6.54 Å². The average molecular weight is 329 g/mol. The maximum Gasteiger partial charge on any atom is 0.316 e. The largest absolute Gasteiger partial charge is 0.465 e. The zero-order chi connectivity index (χ0) is 17.0. The van der Waals surface area contributed by atoms with Gasteiger partial charge in [-0.15, -0.1) is 0 Å². The molecule has 2 aliphatic rings. The van der Waals surface area contributed by atoms with E-state index in [0.29, 0.717) is 18.4 Å². The molecule has 0 radical (unpaired) electrons. The van der Waals surface area contributed by atoms with Crippen molar-refractivity contribution in [1.29, 1.82) is 0 Å². The minimum Gasteiger partial charge on any atom is -0.465 e. The Balaban J connectivity index is 1.65. The molecule has 1 aromatic carbocycles. The maximum atomic E-state index is 13.1. The lowest BCUT2D eigenvalue weighted by molar-refractivity contribution is -0.153. The number of esters is 1. The van der Waals surface area contributed by atoms with Crippen LogP contribution in [0.5, 0.6) is 0 Å². The highest BCUT2D eigenvalue weighted by molar-refractivity contribution is 5.84. The number of hydrogen-bond acceptors (Lipinski definition) is 3. The van der Waals surface area contributed by atoms with Crippen LogP contribution in [0, 0.1) is 11.8 Å². The van der Waals surface area contributed by atoms with Gasteiger partial charge in [-0.1, -0.05) is 50.6 Å². The van der Waals surface area contributed by atoms with Crippen molar-refractivity contribution in [2.75, 3.05) is 26.2 Å². The Morgan fingerprint density at radius 1 is 1.21 bits per heavy atom. The second-order valence-electron chi connectivity index (χ2n) is 7.43. The second kappa shape index (κ2) is 7.69. The average Bonchev–Trinajstić information content (AvgIpc) is 3.24. The van der Waals surface area contributed by atoms with Gasteiger partial charge in [0.05, 0.1) is 12.0 Å². The van der Waals surface area contributed by atoms with Crippen molar-refractivity contribution in [3.63, 3.8) is 0 Å². The summed E-state index contributed by atoms with van der Waals surface area (Å²) in [6, 6.07) is 10.4. The van der Waals surface area contributed by atoms with Gasteiger partial charge in [0.15, 0.2) is 0 Å². The molecule has 3 nitrogen and oxygen atoms in total. The van der Waals surface area contributed by atoms with Crippen LogP contribution in [-0.4, -0.2) is 37.1 Å². The number of carbonyl (C=O) groups is 1. The van der Waals surface area contributed by atoms with E-state index in [-0.39, 0.29) is 11.4 Å². The maximum absolute atomic E-state index is 13.1. The summed E-state index contributed by atoms with van der Waals surface area (Å²) in [7, 11) is 0. The molecular weight excluding hydrogens is 298 g/mol. The first-order valence-corrected chi connectivity index (χ1v) is 9.65. The van der Waals surface area contributed by atoms with Crippen molar-refractivity contribution in [3.05, 3.63) is 35.9 Å².